The Hall–Kier alpha value is -1.29. The van der Waals surface area contributed by atoms with Gasteiger partial charge in [-0.1, -0.05) is 0 Å². The molecule has 6 nitrogen and oxygen atoms in total. The molecule has 0 atom stereocenters. The van der Waals surface area contributed by atoms with Gasteiger partial charge in [0.1, 0.15) is 0 Å². The van der Waals surface area contributed by atoms with Crippen molar-refractivity contribution in [2.45, 2.75) is 6.92 Å². The average molecular weight is 241 g/mol. The van der Waals surface area contributed by atoms with Gasteiger partial charge in [0.05, 0.1) is 0 Å². The number of aliphatic hydroxyl groups excluding tert-OH is 1. The molecule has 0 bridgehead atoms. The van der Waals surface area contributed by atoms with Crippen molar-refractivity contribution in [3.05, 3.63) is 0 Å². The van der Waals surface area contributed by atoms with Crippen molar-refractivity contribution in [3.8, 4) is 0 Å². The normalized spacial score (nSPS) is 15.6. The van der Waals surface area contributed by atoms with Gasteiger partial charge >= 0.3 is 76.8 Å². The third-order valence-electron chi connectivity index (χ3n) is 2.20. The molecule has 0 spiro atoms. The van der Waals surface area contributed by atoms with Gasteiger partial charge in [-0.25, -0.2) is 0 Å². The molecular formula is C7H9CrO6. The number of hydrogen-bond donors (Lipinski definition) is 1. The van der Waals surface area contributed by atoms with Crippen LogP contribution in [0, 0.1) is 0 Å². The Morgan fingerprint density at radius 3 is 1.07 bits per heavy atom. The summed E-state index contributed by atoms with van der Waals surface area (Å²) in [6, 6.07) is 0. The summed E-state index contributed by atoms with van der Waals surface area (Å²) in [7, 11) is -6.33. The summed E-state index contributed by atoms with van der Waals surface area (Å²) in [6.07, 6.45) is 0. The molecular weight excluding hydrogens is 232 g/mol. The van der Waals surface area contributed by atoms with Crippen LogP contribution < -0.4 is 0 Å². The Morgan fingerprint density at radius 2 is 1.07 bits per heavy atom. The van der Waals surface area contributed by atoms with Gasteiger partial charge in [0, 0.05) is 0 Å². The quantitative estimate of drug-likeness (QED) is 0.599. The van der Waals surface area contributed by atoms with Gasteiger partial charge in [-0.05, 0) is 0 Å². The number of carbonyl (C=O) groups excluding carboxylic acids is 5. The van der Waals surface area contributed by atoms with Crippen molar-refractivity contribution >= 4 is 30.3 Å². The van der Waals surface area contributed by atoms with Crippen LogP contribution in [0.1, 0.15) is 6.92 Å². The van der Waals surface area contributed by atoms with E-state index < -0.39 is 15.1 Å². The van der Waals surface area contributed by atoms with Crippen LogP contribution >= 0.6 is 0 Å². The summed E-state index contributed by atoms with van der Waals surface area (Å²) in [5.74, 6) is 0. The van der Waals surface area contributed by atoms with Crippen molar-refractivity contribution in [2.75, 3.05) is 0 Å². The summed E-state index contributed by atoms with van der Waals surface area (Å²) < 4.78 is -1.04. The molecule has 0 fully saturated rings. The maximum absolute atomic E-state index is 10.8. The molecule has 0 aromatic rings. The molecule has 79 valence electrons. The van der Waals surface area contributed by atoms with Crippen LogP contribution in [0.3, 0.4) is 0 Å². The van der Waals surface area contributed by atoms with E-state index in [2.05, 4.69) is 0 Å². The first-order valence-electron chi connectivity index (χ1n) is 3.28. The van der Waals surface area contributed by atoms with Gasteiger partial charge < -0.3 is 0 Å². The first-order chi connectivity index (χ1) is 6.37. The van der Waals surface area contributed by atoms with Crippen molar-refractivity contribution in [1.82, 2.24) is 0 Å². The van der Waals surface area contributed by atoms with E-state index in [4.69, 9.17) is 0 Å². The predicted molar refractivity (Wildman–Crippen MR) is 46.4 cm³/mol. The molecule has 1 N–H and O–H groups in total. The molecule has 0 unspecified atom stereocenters. The van der Waals surface area contributed by atoms with E-state index in [1.54, 1.807) is 0 Å². The Morgan fingerprint density at radius 1 is 0.857 bits per heavy atom. The van der Waals surface area contributed by atoms with E-state index in [1.165, 1.54) is 0 Å². The average Bonchev–Trinajstić information content (AvgIpc) is 2.25. The van der Waals surface area contributed by atoms with Crippen molar-refractivity contribution < 1.29 is 39.6 Å². The van der Waals surface area contributed by atoms with E-state index >= 15 is 0 Å². The molecule has 0 aliphatic heterocycles. The monoisotopic (exact) mass is 241 g/mol. The first kappa shape index (κ1) is 12.7. The van der Waals surface area contributed by atoms with Gasteiger partial charge in [-0.3, -0.25) is 0 Å². The molecule has 0 amide bonds. The van der Waals surface area contributed by atoms with Crippen LogP contribution in [0.25, 0.3) is 0 Å². The summed E-state index contributed by atoms with van der Waals surface area (Å²) in [4.78, 5) is 54.0. The van der Waals surface area contributed by atoms with E-state index in [1.807, 2.05) is 0 Å². The van der Waals surface area contributed by atoms with Gasteiger partial charge in [-0.15, -0.1) is 0 Å². The van der Waals surface area contributed by atoms with Gasteiger partial charge in [0.15, 0.2) is 0 Å². The second-order valence-electron chi connectivity index (χ2n) is 2.95. The maximum atomic E-state index is 10.8. The Labute approximate surface area is 77.3 Å². The second kappa shape index (κ2) is 2.85. The molecule has 0 rings (SSSR count). The summed E-state index contributed by atoms with van der Waals surface area (Å²) in [5.41, 5.74) is 0. The van der Waals surface area contributed by atoms with Crippen LogP contribution in [-0.2, 0) is 34.5 Å². The molecule has 7 heteroatoms. The Bertz CT molecular complexity index is 338. The predicted octanol–water partition coefficient (Wildman–Crippen LogP) is -1.31. The zero-order chi connectivity index (χ0) is 11.5. The van der Waals surface area contributed by atoms with Crippen LogP contribution in [0.4, 0.5) is 0 Å². The van der Waals surface area contributed by atoms with E-state index in [0.717, 1.165) is 6.92 Å². The van der Waals surface area contributed by atoms with Gasteiger partial charge in [0.25, 0.3) is 0 Å². The first-order valence-corrected chi connectivity index (χ1v) is 7.60. The molecule has 0 aromatic carbocycles. The van der Waals surface area contributed by atoms with Crippen LogP contribution in [-0.4, -0.2) is 35.4 Å². The summed E-state index contributed by atoms with van der Waals surface area (Å²) in [5, 5.41) is 7.61. The fourth-order valence-electron chi connectivity index (χ4n) is 0.575. The summed E-state index contributed by atoms with van der Waals surface area (Å²) >= 11 is 0. The SMILES string of the molecule is C[C](O)=[Cr]([CH]=O)([CH]=O)([CH]=O)([CH]=O)[CH]=O. The second-order valence-corrected chi connectivity index (χ2v) is 11.5. The summed E-state index contributed by atoms with van der Waals surface area (Å²) in [6.45, 7) is 0.815. The molecule has 0 aliphatic carbocycles. The van der Waals surface area contributed by atoms with E-state index in [0.29, 0.717) is 0 Å². The fourth-order valence-corrected chi connectivity index (χ4v) is 2.37. The minimum absolute atomic E-state index is 0.317. The molecule has 0 saturated carbocycles. The Balaban J connectivity index is 7.19. The minimum atomic E-state index is -6.33. The van der Waals surface area contributed by atoms with E-state index in [9.17, 15) is 29.1 Å². The van der Waals surface area contributed by atoms with Crippen molar-refractivity contribution in [2.24, 2.45) is 0 Å². The molecule has 0 heterocycles. The topological polar surface area (TPSA) is 106 Å². The third-order valence-corrected chi connectivity index (χ3v) is 9.09. The van der Waals surface area contributed by atoms with E-state index in [-0.39, 0.29) is 25.7 Å². The fraction of sp³-hybridized carbons (Fsp3) is 0.143. The van der Waals surface area contributed by atoms with Gasteiger partial charge in [0.2, 0.25) is 0 Å². The third kappa shape index (κ3) is 0.889. The zero-order valence-electron chi connectivity index (χ0n) is 7.28. The number of rotatable bonds is 5. The molecule has 14 heavy (non-hydrogen) atoms. The standard InChI is InChI=1S/C2H4O.5CHO.Cr/c1-2-3;5*1-2;/h3H,1H3;5*1H;. The van der Waals surface area contributed by atoms with Crippen LogP contribution in [0.5, 0.6) is 0 Å². The van der Waals surface area contributed by atoms with Crippen LogP contribution in [0.2, 0.25) is 0 Å². The number of aliphatic hydroxyl groups is 1. The molecule has 0 aromatic heterocycles. The number of hydrogen-bond acceptors (Lipinski definition) is 6. The van der Waals surface area contributed by atoms with Gasteiger partial charge in [-0.2, -0.15) is 0 Å². The van der Waals surface area contributed by atoms with Crippen molar-refractivity contribution in [1.29, 1.82) is 0 Å². The zero-order valence-corrected chi connectivity index (χ0v) is 8.56. The van der Waals surface area contributed by atoms with Crippen LogP contribution in [0.15, 0.2) is 0 Å². The molecule has 0 aliphatic rings. The van der Waals surface area contributed by atoms with Crippen molar-refractivity contribution in [3.63, 3.8) is 0 Å². The molecule has 0 radical (unpaired) electrons. The molecule has 0 saturated heterocycles. The number of carbonyl (C=O) groups is 5. The Kier molecular flexibility index (Phi) is 2.59.